The number of hydrogen-bond acceptors (Lipinski definition) is 1. The smallest absolute Gasteiger partial charge is 0.151 e. The third kappa shape index (κ3) is 5.32. The topological polar surface area (TPSA) is 12.4 Å². The fraction of sp³-hybridized carbons (Fsp3) is 0.500. The lowest BCUT2D eigenvalue weighted by molar-refractivity contribution is -0.120. The van der Waals surface area contributed by atoms with Crippen LogP contribution in [-0.4, -0.2) is 12.5 Å². The molecule has 48 valence electrons. The van der Waals surface area contributed by atoms with Crippen LogP contribution >= 0.6 is 0 Å². The number of aliphatic imine (C=N–C) groups is 1. The summed E-state index contributed by atoms with van der Waals surface area (Å²) in [6.45, 7) is 0. The van der Waals surface area contributed by atoms with Gasteiger partial charge in [0.15, 0.2) is 0 Å². The van der Waals surface area contributed by atoms with Crippen molar-refractivity contribution in [1.29, 1.82) is 0 Å². The summed E-state index contributed by atoms with van der Waals surface area (Å²) in [4.78, 5) is 0.993. The van der Waals surface area contributed by atoms with Gasteiger partial charge in [0.05, 0.1) is 0 Å². The fourth-order valence-corrected chi connectivity index (χ4v) is 0.0958. The van der Waals surface area contributed by atoms with Crippen LogP contribution in [0, 0.1) is 0 Å². The highest BCUT2D eigenvalue weighted by Crippen LogP contribution is 2.16. The molecule has 8 heavy (non-hydrogen) atoms. The zero-order valence-electron chi connectivity index (χ0n) is 3.34. The first kappa shape index (κ1) is 7.32. The number of nitrogens with zero attached hydrogens (tertiary/aromatic N) is 1. The maximum absolute atomic E-state index is 10.6. The minimum absolute atomic E-state index is 0.993. The first-order chi connectivity index (χ1) is 3.42. The molecule has 0 aliphatic rings. The normalized spacial score (nSPS) is 11.1. The van der Waals surface area contributed by atoms with Crippen molar-refractivity contribution in [2.45, 2.75) is 6.30 Å². The predicted octanol–water partition coefficient (Wildman–Crippen LogP) is 1.80. The van der Waals surface area contributed by atoms with Crippen LogP contribution in [0.5, 0.6) is 0 Å². The molecule has 0 atom stereocenters. The molecule has 0 saturated heterocycles. The first-order valence-corrected chi connectivity index (χ1v) is 1.39. The van der Waals surface area contributed by atoms with Crippen LogP contribution in [-0.2, 0) is 0 Å². The van der Waals surface area contributed by atoms with E-state index in [1.807, 2.05) is 0 Å². The van der Waals surface area contributed by atoms with Crippen molar-refractivity contribution in [1.82, 2.24) is 0 Å². The van der Waals surface area contributed by atoms with Crippen LogP contribution in [0.25, 0.3) is 0 Å². The second kappa shape index (κ2) is 2.06. The summed E-state index contributed by atoms with van der Waals surface area (Å²) in [5.41, 5.74) is 0. The molecule has 0 rings (SSSR count). The summed E-state index contributed by atoms with van der Waals surface area (Å²) < 4.78 is 53.0. The van der Waals surface area contributed by atoms with Gasteiger partial charge in [-0.1, -0.05) is 0 Å². The quantitative estimate of drug-likeness (QED) is 0.271. The molecule has 6 heteroatoms. The number of rotatable bonds is 0. The lowest BCUT2D eigenvalue weighted by atomic mass is 11.1. The van der Waals surface area contributed by atoms with E-state index >= 15 is 0 Å². The molecule has 0 fully saturated rings. The monoisotopic (exact) mass is 133 g/mol. The maximum atomic E-state index is 10.6. The lowest BCUT2D eigenvalue weighted by Gasteiger charge is -1.92. The highest BCUT2D eigenvalue weighted by molar-refractivity contribution is 5.63. The lowest BCUT2D eigenvalue weighted by Crippen LogP contribution is -2.03. The van der Waals surface area contributed by atoms with Gasteiger partial charge in [0.2, 0.25) is 0 Å². The Bertz CT molecular complexity index is 97.5. The van der Waals surface area contributed by atoms with E-state index in [0.29, 0.717) is 0 Å². The zero-order chi connectivity index (χ0) is 6.78. The van der Waals surface area contributed by atoms with Crippen molar-refractivity contribution in [3.8, 4) is 0 Å². The minimum Gasteiger partial charge on any atom is -0.151 e. The largest absolute Gasteiger partial charge is 0.507 e. The van der Waals surface area contributed by atoms with Crippen molar-refractivity contribution in [2.24, 2.45) is 4.99 Å². The van der Waals surface area contributed by atoms with Gasteiger partial charge < -0.3 is 0 Å². The maximum Gasteiger partial charge on any atom is 0.507 e. The highest BCUT2D eigenvalue weighted by Gasteiger charge is 2.27. The molecular formula is C2F5N. The molecular weight excluding hydrogens is 133 g/mol. The van der Waals surface area contributed by atoms with E-state index in [1.54, 1.807) is 0 Å². The van der Waals surface area contributed by atoms with E-state index < -0.39 is 12.5 Å². The Morgan fingerprint density at radius 2 is 1.50 bits per heavy atom. The predicted molar refractivity (Wildman–Crippen MR) is 15.7 cm³/mol. The molecule has 0 aromatic heterocycles. The molecule has 0 unspecified atom stereocenters. The van der Waals surface area contributed by atoms with Crippen LogP contribution in [0.15, 0.2) is 4.99 Å². The van der Waals surface area contributed by atoms with E-state index in [9.17, 15) is 22.0 Å². The van der Waals surface area contributed by atoms with Crippen LogP contribution in [0.1, 0.15) is 0 Å². The molecule has 0 saturated carbocycles. The van der Waals surface area contributed by atoms with Gasteiger partial charge >= 0.3 is 12.5 Å². The van der Waals surface area contributed by atoms with Gasteiger partial charge in [-0.25, -0.2) is 0 Å². The summed E-state index contributed by atoms with van der Waals surface area (Å²) in [5, 5.41) is 0. The zero-order valence-corrected chi connectivity index (χ0v) is 3.34. The number of hydrogen-bond donors (Lipinski definition) is 0. The summed E-state index contributed by atoms with van der Waals surface area (Å²) in [5.74, 6) is 0. The molecule has 0 aliphatic heterocycles. The average molecular weight is 133 g/mol. The van der Waals surface area contributed by atoms with E-state index in [2.05, 4.69) is 0 Å². The van der Waals surface area contributed by atoms with E-state index in [0.717, 1.165) is 4.99 Å². The van der Waals surface area contributed by atoms with Crippen LogP contribution in [0.2, 0.25) is 0 Å². The second-order valence-electron chi connectivity index (χ2n) is 0.820. The standard InChI is InChI=1S/C2F5N/c3-1(4)8-2(5,6)7. The van der Waals surface area contributed by atoms with Crippen molar-refractivity contribution < 1.29 is 22.0 Å². The second-order valence-corrected chi connectivity index (χ2v) is 0.820. The van der Waals surface area contributed by atoms with E-state index in [1.165, 1.54) is 0 Å². The Kier molecular flexibility index (Phi) is 1.88. The fourth-order valence-electron chi connectivity index (χ4n) is 0.0958. The number of halogens is 5. The van der Waals surface area contributed by atoms with Crippen LogP contribution in [0.4, 0.5) is 22.0 Å². The molecule has 0 aliphatic carbocycles. The molecule has 1 nitrogen and oxygen atoms in total. The van der Waals surface area contributed by atoms with Gasteiger partial charge in [-0.05, 0) is 0 Å². The Morgan fingerprint density at radius 3 is 1.50 bits per heavy atom. The molecule has 0 heterocycles. The van der Waals surface area contributed by atoms with E-state index in [4.69, 9.17) is 0 Å². The molecule has 0 radical (unpaired) electrons. The third-order valence-electron chi connectivity index (χ3n) is 0.211. The summed E-state index contributed by atoms with van der Waals surface area (Å²) in [6.07, 6.45) is -8.11. The Hall–Kier alpha value is -0.680. The van der Waals surface area contributed by atoms with Gasteiger partial charge in [-0.15, -0.1) is 18.2 Å². The summed E-state index contributed by atoms with van der Waals surface area (Å²) in [7, 11) is 0. The van der Waals surface area contributed by atoms with Crippen molar-refractivity contribution in [3.05, 3.63) is 0 Å². The summed E-state index contributed by atoms with van der Waals surface area (Å²) >= 11 is 0. The first-order valence-electron chi connectivity index (χ1n) is 1.39. The molecule has 0 amide bonds. The third-order valence-corrected chi connectivity index (χ3v) is 0.211. The Labute approximate surface area is 40.8 Å². The molecule has 0 aromatic carbocycles. The molecule has 0 bridgehead atoms. The Balaban J connectivity index is 3.89. The molecule has 0 N–H and O–H groups in total. The van der Waals surface area contributed by atoms with Crippen molar-refractivity contribution >= 4 is 6.22 Å². The Morgan fingerprint density at radius 1 is 1.12 bits per heavy atom. The van der Waals surface area contributed by atoms with Gasteiger partial charge in [-0.2, -0.15) is 8.78 Å². The average Bonchev–Trinajstić information content (AvgIpc) is 1.21. The summed E-state index contributed by atoms with van der Waals surface area (Å²) in [6, 6.07) is 0. The minimum atomic E-state index is -5.14. The van der Waals surface area contributed by atoms with Crippen LogP contribution in [0.3, 0.4) is 0 Å². The van der Waals surface area contributed by atoms with Crippen molar-refractivity contribution in [2.75, 3.05) is 0 Å². The van der Waals surface area contributed by atoms with Gasteiger partial charge in [0, 0.05) is 0 Å². The SMILES string of the molecule is FC(F)=NC(F)(F)F. The molecule has 0 spiro atoms. The number of alkyl halides is 3. The highest BCUT2D eigenvalue weighted by atomic mass is 19.4. The molecule has 0 aromatic rings. The van der Waals surface area contributed by atoms with Crippen LogP contribution < -0.4 is 0 Å². The van der Waals surface area contributed by atoms with Gasteiger partial charge in [0.25, 0.3) is 0 Å². The van der Waals surface area contributed by atoms with Crippen molar-refractivity contribution in [3.63, 3.8) is 0 Å². The van der Waals surface area contributed by atoms with E-state index in [-0.39, 0.29) is 0 Å². The van der Waals surface area contributed by atoms with Gasteiger partial charge in [0.1, 0.15) is 0 Å². The van der Waals surface area contributed by atoms with Gasteiger partial charge in [-0.3, -0.25) is 0 Å².